The second kappa shape index (κ2) is 5.09. The van der Waals surface area contributed by atoms with E-state index >= 15 is 0 Å². The summed E-state index contributed by atoms with van der Waals surface area (Å²) in [6.07, 6.45) is 1.19. The summed E-state index contributed by atoms with van der Waals surface area (Å²) in [5.74, 6) is 0.715. The number of hydrogen-bond donors (Lipinski definition) is 1. The third kappa shape index (κ3) is 2.71. The fourth-order valence-electron chi connectivity index (χ4n) is 2.10. The normalized spacial score (nSPS) is 14.1. The molecule has 1 N–H and O–H groups in total. The van der Waals surface area contributed by atoms with Gasteiger partial charge in [0.25, 0.3) is 0 Å². The fraction of sp³-hybridized carbons (Fsp3) is 0.500. The van der Waals surface area contributed by atoms with Crippen LogP contribution in [0.2, 0.25) is 0 Å². The molecule has 0 saturated heterocycles. The Morgan fingerprint density at radius 2 is 2.29 bits per heavy atom. The number of nitriles is 1. The lowest BCUT2D eigenvalue weighted by atomic mass is 10.1. The first-order valence-corrected chi connectivity index (χ1v) is 6.23. The van der Waals surface area contributed by atoms with Gasteiger partial charge in [-0.05, 0) is 30.5 Å². The summed E-state index contributed by atoms with van der Waals surface area (Å²) in [4.78, 5) is 2.38. The highest BCUT2D eigenvalue weighted by atomic mass is 15.2. The number of fused-ring (bicyclic) bond motifs is 1. The van der Waals surface area contributed by atoms with Crippen LogP contribution >= 0.6 is 0 Å². The summed E-state index contributed by atoms with van der Waals surface area (Å²) in [6, 6.07) is 8.08. The smallest absolute Gasteiger partial charge is 0.0992 e. The minimum atomic E-state index is 0.715. The average molecular weight is 229 g/mol. The van der Waals surface area contributed by atoms with Crippen LogP contribution in [0, 0.1) is 17.2 Å². The van der Waals surface area contributed by atoms with Crippen LogP contribution in [0.15, 0.2) is 18.2 Å². The number of benzene rings is 1. The molecule has 0 fully saturated rings. The lowest BCUT2D eigenvalue weighted by Crippen LogP contribution is -2.35. The van der Waals surface area contributed by atoms with Crippen molar-refractivity contribution in [2.45, 2.75) is 20.3 Å². The quantitative estimate of drug-likeness (QED) is 0.866. The Morgan fingerprint density at radius 1 is 1.47 bits per heavy atom. The van der Waals surface area contributed by atoms with Crippen molar-refractivity contribution >= 4 is 11.4 Å². The van der Waals surface area contributed by atoms with E-state index in [1.807, 2.05) is 18.2 Å². The summed E-state index contributed by atoms with van der Waals surface area (Å²) in [7, 11) is 0. The Balaban J connectivity index is 2.20. The van der Waals surface area contributed by atoms with Crippen LogP contribution in [0.1, 0.15) is 25.8 Å². The molecule has 1 aliphatic rings. The van der Waals surface area contributed by atoms with Gasteiger partial charge in [-0.25, -0.2) is 0 Å². The molecule has 0 spiro atoms. The zero-order valence-electron chi connectivity index (χ0n) is 10.5. The largest absolute Gasteiger partial charge is 0.382 e. The highest BCUT2D eigenvalue weighted by Crippen LogP contribution is 2.30. The molecule has 0 aliphatic carbocycles. The van der Waals surface area contributed by atoms with Gasteiger partial charge in [-0.15, -0.1) is 0 Å². The molecule has 1 aromatic carbocycles. The maximum atomic E-state index is 8.95. The van der Waals surface area contributed by atoms with Crippen molar-refractivity contribution in [3.63, 3.8) is 0 Å². The summed E-state index contributed by atoms with van der Waals surface area (Å²) < 4.78 is 0. The van der Waals surface area contributed by atoms with Gasteiger partial charge < -0.3 is 10.2 Å². The standard InChI is InChI=1S/C14H19N3/c1-11(2)5-7-17-8-6-16-13-4-3-12(10-15)9-14(13)17/h3-4,9,11,16H,5-8H2,1-2H3. The van der Waals surface area contributed by atoms with Crippen molar-refractivity contribution in [2.24, 2.45) is 5.92 Å². The Morgan fingerprint density at radius 3 is 3.00 bits per heavy atom. The molecule has 3 heteroatoms. The van der Waals surface area contributed by atoms with Crippen molar-refractivity contribution in [1.82, 2.24) is 0 Å². The predicted octanol–water partition coefficient (Wildman–Crippen LogP) is 2.84. The maximum absolute atomic E-state index is 8.95. The van der Waals surface area contributed by atoms with Gasteiger partial charge in [0, 0.05) is 19.6 Å². The molecular formula is C14H19N3. The van der Waals surface area contributed by atoms with E-state index < -0.39 is 0 Å². The molecule has 0 atom stereocenters. The van der Waals surface area contributed by atoms with Crippen LogP contribution in [0.3, 0.4) is 0 Å². The Labute approximate surface area is 103 Å². The van der Waals surface area contributed by atoms with Gasteiger partial charge >= 0.3 is 0 Å². The van der Waals surface area contributed by atoms with E-state index in [9.17, 15) is 0 Å². The molecule has 17 heavy (non-hydrogen) atoms. The number of hydrogen-bond acceptors (Lipinski definition) is 3. The molecule has 1 aromatic rings. The van der Waals surface area contributed by atoms with Crippen molar-refractivity contribution in [3.05, 3.63) is 23.8 Å². The zero-order valence-corrected chi connectivity index (χ0v) is 10.5. The molecule has 0 amide bonds. The third-order valence-electron chi connectivity index (χ3n) is 3.14. The lowest BCUT2D eigenvalue weighted by Gasteiger charge is -2.32. The van der Waals surface area contributed by atoms with Crippen LogP contribution < -0.4 is 10.2 Å². The zero-order chi connectivity index (χ0) is 12.3. The van der Waals surface area contributed by atoms with Crippen LogP contribution in [0.4, 0.5) is 11.4 Å². The van der Waals surface area contributed by atoms with Gasteiger partial charge in [-0.2, -0.15) is 5.26 Å². The molecule has 0 saturated carbocycles. The number of nitrogens with one attached hydrogen (secondary N) is 1. The second-order valence-electron chi connectivity index (χ2n) is 4.94. The summed E-state index contributed by atoms with van der Waals surface area (Å²) >= 11 is 0. The third-order valence-corrected chi connectivity index (χ3v) is 3.14. The Hall–Kier alpha value is -1.69. The molecule has 1 heterocycles. The minimum Gasteiger partial charge on any atom is -0.382 e. The number of rotatable bonds is 3. The van der Waals surface area contributed by atoms with Crippen LogP contribution in [-0.4, -0.2) is 19.6 Å². The summed E-state index contributed by atoms with van der Waals surface area (Å²) in [5, 5.41) is 12.3. The molecular weight excluding hydrogens is 210 g/mol. The van der Waals surface area contributed by atoms with Gasteiger partial charge in [-0.3, -0.25) is 0 Å². The number of nitrogens with zero attached hydrogens (tertiary/aromatic N) is 2. The Bertz CT molecular complexity index is 432. The van der Waals surface area contributed by atoms with E-state index in [0.29, 0.717) is 5.92 Å². The molecule has 0 bridgehead atoms. The van der Waals surface area contributed by atoms with Gasteiger partial charge in [0.1, 0.15) is 0 Å². The van der Waals surface area contributed by atoms with Crippen LogP contribution in [-0.2, 0) is 0 Å². The van der Waals surface area contributed by atoms with Crippen molar-refractivity contribution in [2.75, 3.05) is 29.9 Å². The minimum absolute atomic E-state index is 0.715. The molecule has 2 rings (SSSR count). The first-order valence-electron chi connectivity index (χ1n) is 6.23. The van der Waals surface area contributed by atoms with Gasteiger partial charge in [0.2, 0.25) is 0 Å². The molecule has 0 radical (unpaired) electrons. The Kier molecular flexibility index (Phi) is 3.53. The van der Waals surface area contributed by atoms with E-state index in [1.165, 1.54) is 12.1 Å². The number of anilines is 2. The van der Waals surface area contributed by atoms with E-state index in [1.54, 1.807) is 0 Å². The van der Waals surface area contributed by atoms with E-state index in [2.05, 4.69) is 30.1 Å². The van der Waals surface area contributed by atoms with Gasteiger partial charge in [-0.1, -0.05) is 13.8 Å². The van der Waals surface area contributed by atoms with Gasteiger partial charge in [0.05, 0.1) is 23.0 Å². The maximum Gasteiger partial charge on any atom is 0.0992 e. The summed E-state index contributed by atoms with van der Waals surface area (Å²) in [6.45, 7) is 7.57. The molecule has 1 aliphatic heterocycles. The van der Waals surface area contributed by atoms with E-state index in [-0.39, 0.29) is 0 Å². The van der Waals surface area contributed by atoms with E-state index in [4.69, 9.17) is 5.26 Å². The van der Waals surface area contributed by atoms with Crippen molar-refractivity contribution in [1.29, 1.82) is 5.26 Å². The first kappa shape index (κ1) is 11.8. The second-order valence-corrected chi connectivity index (χ2v) is 4.94. The lowest BCUT2D eigenvalue weighted by molar-refractivity contribution is 0.572. The first-order chi connectivity index (χ1) is 8.20. The van der Waals surface area contributed by atoms with Crippen molar-refractivity contribution < 1.29 is 0 Å². The SMILES string of the molecule is CC(C)CCN1CCNc2ccc(C#N)cc21. The van der Waals surface area contributed by atoms with Crippen molar-refractivity contribution in [3.8, 4) is 6.07 Å². The van der Waals surface area contributed by atoms with Crippen LogP contribution in [0.25, 0.3) is 0 Å². The summed E-state index contributed by atoms with van der Waals surface area (Å²) in [5.41, 5.74) is 3.07. The predicted molar refractivity (Wildman–Crippen MR) is 71.3 cm³/mol. The average Bonchev–Trinajstić information content (AvgIpc) is 2.35. The van der Waals surface area contributed by atoms with E-state index in [0.717, 1.165) is 30.9 Å². The fourth-order valence-corrected chi connectivity index (χ4v) is 2.10. The highest BCUT2D eigenvalue weighted by Gasteiger charge is 2.16. The highest BCUT2D eigenvalue weighted by molar-refractivity contribution is 5.73. The topological polar surface area (TPSA) is 39.1 Å². The van der Waals surface area contributed by atoms with Gasteiger partial charge in [0.15, 0.2) is 0 Å². The molecule has 0 aromatic heterocycles. The molecule has 0 unspecified atom stereocenters. The molecule has 3 nitrogen and oxygen atoms in total. The monoisotopic (exact) mass is 229 g/mol. The van der Waals surface area contributed by atoms with Crippen LogP contribution in [0.5, 0.6) is 0 Å². The molecule has 90 valence electrons.